The zero-order chi connectivity index (χ0) is 41.3. The Morgan fingerprint density at radius 3 is 2.27 bits per heavy atom. The first kappa shape index (κ1) is 45.3. The quantitative estimate of drug-likeness (QED) is 0.0725. The van der Waals surface area contributed by atoms with Gasteiger partial charge in [-0.3, -0.25) is 4.79 Å². The normalized spacial score (nSPS) is 28.2. The summed E-state index contributed by atoms with van der Waals surface area (Å²) in [4.78, 5) is 66.4. The Morgan fingerprint density at radius 2 is 1.71 bits per heavy atom. The van der Waals surface area contributed by atoms with Gasteiger partial charge in [0, 0.05) is 25.3 Å². The molecule has 14 heteroatoms. The van der Waals surface area contributed by atoms with Gasteiger partial charge in [0.1, 0.15) is 12.2 Å². The van der Waals surface area contributed by atoms with Gasteiger partial charge in [-0.2, -0.15) is 0 Å². The van der Waals surface area contributed by atoms with Crippen molar-refractivity contribution in [1.29, 1.82) is 0 Å². The Hall–Kier alpha value is -4.11. The highest BCUT2D eigenvalue weighted by molar-refractivity contribution is 5.99. The molecule has 306 valence electrons. The van der Waals surface area contributed by atoms with Crippen molar-refractivity contribution in [3.05, 3.63) is 60.2 Å². The average Bonchev–Trinajstić information content (AvgIpc) is 3.34. The summed E-state index contributed by atoms with van der Waals surface area (Å²) in [6.45, 7) is 16.7. The second-order valence-electron chi connectivity index (χ2n) is 15.3. The number of carboxylic acids is 1. The van der Waals surface area contributed by atoms with Gasteiger partial charge in [-0.15, -0.1) is 0 Å². The van der Waals surface area contributed by atoms with Crippen molar-refractivity contribution in [3.63, 3.8) is 0 Å². The van der Waals surface area contributed by atoms with E-state index in [9.17, 15) is 39.3 Å². The fraction of sp³-hybridized carbons (Fsp3) is 0.634. The minimum absolute atomic E-state index is 0.0673. The molecule has 10 atom stereocenters. The molecule has 2 aliphatic heterocycles. The SMILES string of the molecule is C=C(CCC12OC(C(=O)OCCC(C)C)C(O)(C(=O)O)C(C(=O)OC)(O1)[C@H](OC(=O)/C=C/[C@@H](C)C[C@@H](C)CC)[C@H]2O)[C@@H](OC(C)=O)[C@H](C)Cc1ccccc1. The minimum Gasteiger partial charge on any atom is -0.479 e. The highest BCUT2D eigenvalue weighted by Gasteiger charge is 2.86. The summed E-state index contributed by atoms with van der Waals surface area (Å²) in [6.07, 6.45) is -3.33. The van der Waals surface area contributed by atoms with Gasteiger partial charge in [-0.1, -0.05) is 91.0 Å². The summed E-state index contributed by atoms with van der Waals surface area (Å²) in [7, 11) is 0.871. The van der Waals surface area contributed by atoms with Gasteiger partial charge in [0.15, 0.2) is 6.10 Å². The molecule has 2 aliphatic rings. The van der Waals surface area contributed by atoms with Crippen molar-refractivity contribution >= 4 is 29.8 Å². The van der Waals surface area contributed by atoms with Gasteiger partial charge < -0.3 is 43.7 Å². The number of hydrogen-bond donors (Lipinski definition) is 3. The number of methoxy groups -OCH3 is 1. The Morgan fingerprint density at radius 1 is 1.05 bits per heavy atom. The van der Waals surface area contributed by atoms with Gasteiger partial charge in [0.25, 0.3) is 5.60 Å². The number of allylic oxidation sites excluding steroid dienone is 1. The Labute approximate surface area is 323 Å². The van der Waals surface area contributed by atoms with Crippen molar-refractivity contribution in [1.82, 2.24) is 0 Å². The van der Waals surface area contributed by atoms with Crippen LogP contribution in [0.15, 0.2) is 54.6 Å². The first-order valence-corrected chi connectivity index (χ1v) is 18.8. The molecule has 55 heavy (non-hydrogen) atoms. The molecular formula is C41H58O14. The predicted octanol–water partition coefficient (Wildman–Crippen LogP) is 4.48. The number of carbonyl (C=O) groups excluding carboxylic acids is 4. The number of ether oxygens (including phenoxy) is 6. The maximum Gasteiger partial charge on any atom is 0.346 e. The number of aliphatic carboxylic acids is 1. The van der Waals surface area contributed by atoms with Gasteiger partial charge in [-0.25, -0.2) is 19.2 Å². The van der Waals surface area contributed by atoms with E-state index in [1.807, 2.05) is 65.0 Å². The van der Waals surface area contributed by atoms with Crippen molar-refractivity contribution in [2.24, 2.45) is 23.7 Å². The van der Waals surface area contributed by atoms with Crippen LogP contribution in [0.3, 0.4) is 0 Å². The molecule has 0 spiro atoms. The molecular weight excluding hydrogens is 716 g/mol. The second-order valence-corrected chi connectivity index (χ2v) is 15.3. The van der Waals surface area contributed by atoms with Crippen LogP contribution < -0.4 is 0 Å². The molecule has 2 heterocycles. The fourth-order valence-corrected chi connectivity index (χ4v) is 7.18. The highest BCUT2D eigenvalue weighted by atomic mass is 16.8. The number of aliphatic hydroxyl groups is 2. The lowest BCUT2D eigenvalue weighted by Crippen LogP contribution is -2.78. The summed E-state index contributed by atoms with van der Waals surface area (Å²) in [5.41, 5.74) is -5.62. The van der Waals surface area contributed by atoms with Crippen LogP contribution in [-0.2, 0) is 58.8 Å². The lowest BCUT2D eigenvalue weighted by Gasteiger charge is -2.49. The van der Waals surface area contributed by atoms with Gasteiger partial charge in [0.2, 0.25) is 17.5 Å². The monoisotopic (exact) mass is 774 g/mol. The Balaban J connectivity index is 2.12. The fourth-order valence-electron chi connectivity index (χ4n) is 7.18. The zero-order valence-corrected chi connectivity index (χ0v) is 33.1. The third kappa shape index (κ3) is 10.0. The number of carbonyl (C=O) groups is 5. The van der Waals surface area contributed by atoms with E-state index >= 15 is 0 Å². The van der Waals surface area contributed by atoms with Crippen LogP contribution in [0.1, 0.15) is 86.1 Å². The van der Waals surface area contributed by atoms with E-state index in [2.05, 4.69) is 13.5 Å². The van der Waals surface area contributed by atoms with E-state index in [1.165, 1.54) is 6.92 Å². The van der Waals surface area contributed by atoms with Crippen LogP contribution in [0.2, 0.25) is 0 Å². The molecule has 3 rings (SSSR count). The number of aliphatic hydroxyl groups excluding tert-OH is 1. The van der Waals surface area contributed by atoms with Gasteiger partial charge in [0.05, 0.1) is 13.7 Å². The summed E-state index contributed by atoms with van der Waals surface area (Å²) >= 11 is 0. The molecule has 1 aromatic rings. The van der Waals surface area contributed by atoms with Crippen LogP contribution in [-0.4, -0.2) is 100 Å². The number of benzene rings is 1. The molecule has 0 radical (unpaired) electrons. The number of fused-ring (bicyclic) bond motifs is 2. The Kier molecular flexibility index (Phi) is 15.8. The second kappa shape index (κ2) is 19.2. The summed E-state index contributed by atoms with van der Waals surface area (Å²) in [5.74, 6) is -9.30. The van der Waals surface area contributed by atoms with Gasteiger partial charge in [-0.05, 0) is 54.6 Å². The van der Waals surface area contributed by atoms with Crippen molar-refractivity contribution in [2.75, 3.05) is 13.7 Å². The van der Waals surface area contributed by atoms with E-state index in [1.54, 1.807) is 6.08 Å². The lowest BCUT2D eigenvalue weighted by atomic mass is 9.74. The summed E-state index contributed by atoms with van der Waals surface area (Å²) < 4.78 is 33.7. The molecule has 1 aromatic carbocycles. The molecule has 3 N–H and O–H groups in total. The van der Waals surface area contributed by atoms with Crippen LogP contribution in [0, 0.1) is 23.7 Å². The van der Waals surface area contributed by atoms with Crippen LogP contribution >= 0.6 is 0 Å². The topological polar surface area (TPSA) is 201 Å². The predicted molar refractivity (Wildman–Crippen MR) is 198 cm³/mol. The number of rotatable bonds is 20. The number of carboxylic acid groups (broad SMARTS) is 1. The molecule has 0 aromatic heterocycles. The third-order valence-electron chi connectivity index (χ3n) is 10.4. The first-order valence-electron chi connectivity index (χ1n) is 18.8. The highest BCUT2D eigenvalue weighted by Crippen LogP contribution is 2.56. The van der Waals surface area contributed by atoms with Crippen LogP contribution in [0.4, 0.5) is 0 Å². The smallest absolute Gasteiger partial charge is 0.346 e. The zero-order valence-electron chi connectivity index (χ0n) is 33.1. The first-order chi connectivity index (χ1) is 25.8. The molecule has 0 saturated carbocycles. The Bertz CT molecular complexity index is 1560. The molecule has 4 unspecified atom stereocenters. The molecule has 2 bridgehead atoms. The molecule has 2 fully saturated rings. The average molecular weight is 775 g/mol. The summed E-state index contributed by atoms with van der Waals surface area (Å²) in [6, 6.07) is 9.45. The third-order valence-corrected chi connectivity index (χ3v) is 10.4. The van der Waals surface area contributed by atoms with E-state index in [0.29, 0.717) is 24.3 Å². The molecule has 14 nitrogen and oxygen atoms in total. The summed E-state index contributed by atoms with van der Waals surface area (Å²) in [5, 5.41) is 34.7. The number of esters is 4. The minimum atomic E-state index is -3.66. The maximum absolute atomic E-state index is 13.9. The van der Waals surface area contributed by atoms with Crippen molar-refractivity contribution < 1.29 is 67.7 Å². The molecule has 0 amide bonds. The molecule has 2 saturated heterocycles. The lowest BCUT2D eigenvalue weighted by molar-refractivity contribution is -0.374. The largest absolute Gasteiger partial charge is 0.479 e. The van der Waals surface area contributed by atoms with Gasteiger partial charge >= 0.3 is 29.8 Å². The van der Waals surface area contributed by atoms with E-state index < -0.39 is 77.7 Å². The van der Waals surface area contributed by atoms with Crippen LogP contribution in [0.25, 0.3) is 0 Å². The van der Waals surface area contributed by atoms with E-state index in [-0.39, 0.29) is 30.8 Å². The van der Waals surface area contributed by atoms with E-state index in [0.717, 1.165) is 31.6 Å². The van der Waals surface area contributed by atoms with Crippen LogP contribution in [0.5, 0.6) is 0 Å². The number of hydrogen-bond acceptors (Lipinski definition) is 13. The van der Waals surface area contributed by atoms with E-state index in [4.69, 9.17) is 28.4 Å². The standard InChI is InChI=1S/C41H58O14/c1-10-25(4)22-26(5)16-17-31(43)53-34-33(44)39(20-18-27(6)32(52-29(8)42)28(7)23-30-14-12-11-13-15-30)54-35(36(45)51-21-19-24(2)3)40(49,37(46)47)41(34,55-39)38(48)50-9/h11-17,24-26,28,32-35,44,49H,6,10,18-23H2,1-5,7-9H3,(H,46,47)/b17-16+/t25-,26+,28+,32+,33+,34+,35?,39?,40?,41?/m0/s1. The molecule has 0 aliphatic carbocycles. The van der Waals surface area contributed by atoms with Crippen molar-refractivity contribution in [2.45, 2.75) is 128 Å². The maximum atomic E-state index is 13.9. The van der Waals surface area contributed by atoms with Crippen molar-refractivity contribution in [3.8, 4) is 0 Å².